The van der Waals surface area contributed by atoms with Gasteiger partial charge in [0, 0.05) is 40.5 Å². The molecule has 0 radical (unpaired) electrons. The first-order chi connectivity index (χ1) is 27.7. The number of rotatable bonds is 9. The number of nitrogens with zero attached hydrogens (tertiary/aromatic N) is 3. The maximum Gasteiger partial charge on any atom is 0.0709 e. The maximum absolute atomic E-state index is 5.07. The summed E-state index contributed by atoms with van der Waals surface area (Å²) in [6, 6.07) is 73.1. The maximum atomic E-state index is 5.07. The molecule has 0 aliphatic carbocycles. The molecule has 0 unspecified atom stereocenters. The van der Waals surface area contributed by atoms with Crippen molar-refractivity contribution in [2.45, 2.75) is 6.92 Å². The highest BCUT2D eigenvalue weighted by Gasteiger charge is 2.20. The van der Waals surface area contributed by atoms with E-state index in [0.717, 1.165) is 78.5 Å². The van der Waals surface area contributed by atoms with E-state index in [9.17, 15) is 0 Å². The van der Waals surface area contributed by atoms with Crippen molar-refractivity contribution < 1.29 is 0 Å². The molecule has 266 valence electrons. The van der Waals surface area contributed by atoms with Gasteiger partial charge in [0.15, 0.2) is 0 Å². The molecule has 3 nitrogen and oxygen atoms in total. The van der Waals surface area contributed by atoms with Crippen molar-refractivity contribution in [2.75, 3.05) is 4.90 Å². The van der Waals surface area contributed by atoms with Gasteiger partial charge in [0.25, 0.3) is 0 Å². The first-order valence-corrected chi connectivity index (χ1v) is 19.0. The molecular weight excluding hydrogens is 679 g/mol. The molecule has 2 aromatic heterocycles. The third-order valence-corrected chi connectivity index (χ3v) is 10.3. The van der Waals surface area contributed by atoms with E-state index < -0.39 is 0 Å². The van der Waals surface area contributed by atoms with Crippen LogP contribution < -0.4 is 4.90 Å². The summed E-state index contributed by atoms with van der Waals surface area (Å²) in [5.74, 6) is 0. The first kappa shape index (κ1) is 34.4. The van der Waals surface area contributed by atoms with E-state index in [-0.39, 0.29) is 0 Å². The van der Waals surface area contributed by atoms with Gasteiger partial charge in [-0.1, -0.05) is 152 Å². The Kier molecular flexibility index (Phi) is 9.55. The molecule has 2 heterocycles. The highest BCUT2D eigenvalue weighted by atomic mass is 15.1. The van der Waals surface area contributed by atoms with Crippen LogP contribution in [0.4, 0.5) is 17.1 Å². The van der Waals surface area contributed by atoms with Crippen molar-refractivity contribution in [3.63, 3.8) is 0 Å². The number of hydrogen-bond acceptors (Lipinski definition) is 3. The minimum absolute atomic E-state index is 0.912. The van der Waals surface area contributed by atoms with Gasteiger partial charge in [0.05, 0.1) is 17.1 Å². The molecule has 0 spiro atoms. The summed E-state index contributed by atoms with van der Waals surface area (Å²) in [7, 11) is 0. The van der Waals surface area contributed by atoms with Crippen molar-refractivity contribution in [1.82, 2.24) is 9.97 Å². The highest BCUT2D eigenvalue weighted by Crippen LogP contribution is 2.44. The number of hydrogen-bond donors (Lipinski definition) is 0. The zero-order chi connectivity index (χ0) is 37.7. The molecule has 7 aromatic carbocycles. The molecule has 0 amide bonds. The van der Waals surface area contributed by atoms with Crippen molar-refractivity contribution >= 4 is 17.1 Å². The second kappa shape index (κ2) is 15.5. The third-order valence-electron chi connectivity index (χ3n) is 10.3. The molecule has 0 saturated carbocycles. The van der Waals surface area contributed by atoms with E-state index in [4.69, 9.17) is 9.97 Å². The SMILES string of the molecule is Cc1cnc(-c2cc(-c3ccccc3)cc(N(c3cccc(-c4ccccn4)c3)c3ccccc3-c3ccccc3)c2)cc1-c1ccc(-c2ccccc2)cc1. The predicted molar refractivity (Wildman–Crippen MR) is 234 cm³/mol. The molecule has 0 aliphatic rings. The standard InChI is InChI=1S/C53H39N3/c1-38-37-55-52(36-50(38)43-29-27-41(28-30-43)39-16-5-2-6-17-39)46-32-45(40-18-7-3-8-19-40)34-48(35-46)56(47-23-15-22-44(33-47)51-25-13-14-31-54-51)53-26-12-11-24-49(53)42-20-9-4-10-21-42/h2-37H,1H3. The Morgan fingerprint density at radius 2 is 0.893 bits per heavy atom. The van der Waals surface area contributed by atoms with Gasteiger partial charge in [-0.15, -0.1) is 0 Å². The van der Waals surface area contributed by atoms with E-state index in [1.165, 1.54) is 11.1 Å². The number of aryl methyl sites for hydroxylation is 1. The predicted octanol–water partition coefficient (Wildman–Crippen LogP) is 14.3. The van der Waals surface area contributed by atoms with Crippen LogP contribution in [0.5, 0.6) is 0 Å². The fourth-order valence-electron chi connectivity index (χ4n) is 7.45. The summed E-state index contributed by atoms with van der Waals surface area (Å²) in [6.07, 6.45) is 3.85. The molecule has 0 atom stereocenters. The van der Waals surface area contributed by atoms with E-state index >= 15 is 0 Å². The zero-order valence-corrected chi connectivity index (χ0v) is 31.1. The Morgan fingerprint density at radius 1 is 0.339 bits per heavy atom. The molecule has 0 aliphatic heterocycles. The zero-order valence-electron chi connectivity index (χ0n) is 31.1. The summed E-state index contributed by atoms with van der Waals surface area (Å²) in [5.41, 5.74) is 17.4. The number of anilines is 3. The minimum Gasteiger partial charge on any atom is -0.310 e. The Morgan fingerprint density at radius 3 is 1.61 bits per heavy atom. The normalized spacial score (nSPS) is 10.9. The topological polar surface area (TPSA) is 29.0 Å². The van der Waals surface area contributed by atoms with Gasteiger partial charge in [-0.3, -0.25) is 9.97 Å². The summed E-state index contributed by atoms with van der Waals surface area (Å²) < 4.78 is 0. The quantitative estimate of drug-likeness (QED) is 0.149. The Balaban J connectivity index is 1.23. The molecule has 0 saturated heterocycles. The van der Waals surface area contributed by atoms with Crippen LogP contribution in [0.25, 0.3) is 67.0 Å². The van der Waals surface area contributed by atoms with E-state index in [2.05, 4.69) is 206 Å². The van der Waals surface area contributed by atoms with E-state index in [1.807, 2.05) is 24.5 Å². The monoisotopic (exact) mass is 717 g/mol. The summed E-state index contributed by atoms with van der Waals surface area (Å²) in [6.45, 7) is 2.14. The van der Waals surface area contributed by atoms with Crippen molar-refractivity contribution in [2.24, 2.45) is 0 Å². The minimum atomic E-state index is 0.912. The number of aromatic nitrogens is 2. The second-order valence-corrected chi connectivity index (χ2v) is 13.9. The largest absolute Gasteiger partial charge is 0.310 e. The van der Waals surface area contributed by atoms with Crippen LogP contribution in [0, 0.1) is 6.92 Å². The van der Waals surface area contributed by atoms with Crippen LogP contribution in [0.15, 0.2) is 219 Å². The number of pyridine rings is 2. The van der Waals surface area contributed by atoms with Crippen molar-refractivity contribution in [3.05, 3.63) is 224 Å². The lowest BCUT2D eigenvalue weighted by atomic mass is 9.95. The lowest BCUT2D eigenvalue weighted by Gasteiger charge is -2.29. The fraction of sp³-hybridized carbons (Fsp3) is 0.0189. The molecule has 9 aromatic rings. The van der Waals surface area contributed by atoms with Gasteiger partial charge in [-0.25, -0.2) is 0 Å². The molecule has 0 fully saturated rings. The van der Waals surface area contributed by atoms with Crippen molar-refractivity contribution in [1.29, 1.82) is 0 Å². The van der Waals surface area contributed by atoms with E-state index in [1.54, 1.807) is 0 Å². The molecular formula is C53H39N3. The van der Waals surface area contributed by atoms with Crippen LogP contribution in [-0.4, -0.2) is 9.97 Å². The van der Waals surface area contributed by atoms with Crippen LogP contribution in [0.1, 0.15) is 5.56 Å². The van der Waals surface area contributed by atoms with E-state index in [0.29, 0.717) is 0 Å². The van der Waals surface area contributed by atoms with Gasteiger partial charge in [-0.2, -0.15) is 0 Å². The number of para-hydroxylation sites is 1. The summed E-state index contributed by atoms with van der Waals surface area (Å²) >= 11 is 0. The molecule has 0 bridgehead atoms. The van der Waals surface area contributed by atoms with Crippen LogP contribution in [0.2, 0.25) is 0 Å². The van der Waals surface area contributed by atoms with Gasteiger partial charge < -0.3 is 4.90 Å². The highest BCUT2D eigenvalue weighted by molar-refractivity contribution is 5.92. The van der Waals surface area contributed by atoms with Gasteiger partial charge in [0.1, 0.15) is 0 Å². The second-order valence-electron chi connectivity index (χ2n) is 13.9. The molecule has 0 N–H and O–H groups in total. The van der Waals surface area contributed by atoms with Crippen LogP contribution in [0.3, 0.4) is 0 Å². The van der Waals surface area contributed by atoms with Gasteiger partial charge >= 0.3 is 0 Å². The third kappa shape index (κ3) is 7.14. The van der Waals surface area contributed by atoms with Crippen LogP contribution >= 0.6 is 0 Å². The Bertz CT molecular complexity index is 2730. The summed E-state index contributed by atoms with van der Waals surface area (Å²) in [4.78, 5) is 12.2. The average Bonchev–Trinajstić information content (AvgIpc) is 3.28. The molecule has 3 heteroatoms. The number of benzene rings is 7. The Labute approximate surface area is 328 Å². The smallest absolute Gasteiger partial charge is 0.0709 e. The van der Waals surface area contributed by atoms with Crippen molar-refractivity contribution in [3.8, 4) is 67.0 Å². The molecule has 56 heavy (non-hydrogen) atoms. The average molecular weight is 718 g/mol. The lowest BCUT2D eigenvalue weighted by Crippen LogP contribution is -2.12. The Hall–Kier alpha value is -7.36. The van der Waals surface area contributed by atoms with Crippen LogP contribution in [-0.2, 0) is 0 Å². The van der Waals surface area contributed by atoms with Gasteiger partial charge in [-0.05, 0) is 106 Å². The fourth-order valence-corrected chi connectivity index (χ4v) is 7.45. The van der Waals surface area contributed by atoms with Gasteiger partial charge in [0.2, 0.25) is 0 Å². The lowest BCUT2D eigenvalue weighted by molar-refractivity contribution is 1.25. The molecule has 9 rings (SSSR count). The summed E-state index contributed by atoms with van der Waals surface area (Å²) in [5, 5.41) is 0. The first-order valence-electron chi connectivity index (χ1n) is 19.0.